The maximum atomic E-state index is 13.7. The highest BCUT2D eigenvalue weighted by Crippen LogP contribution is 2.37. The van der Waals surface area contributed by atoms with Gasteiger partial charge in [0.2, 0.25) is 0 Å². The Labute approximate surface area is 234 Å². The average molecular weight is 557 g/mol. The molecule has 0 spiro atoms. The molecule has 5 rings (SSSR count). The highest BCUT2D eigenvalue weighted by atomic mass is 35.5. The van der Waals surface area contributed by atoms with E-state index in [4.69, 9.17) is 16.3 Å². The minimum atomic E-state index is -0.767. The van der Waals surface area contributed by atoms with Gasteiger partial charge in [-0.15, -0.1) is 0 Å². The van der Waals surface area contributed by atoms with Crippen molar-refractivity contribution in [2.75, 3.05) is 36.9 Å². The summed E-state index contributed by atoms with van der Waals surface area (Å²) in [5, 5.41) is 19.7. The summed E-state index contributed by atoms with van der Waals surface area (Å²) >= 11 is 8.00. The number of hydrogen-bond donors (Lipinski definition) is 3. The van der Waals surface area contributed by atoms with Crippen LogP contribution in [0.2, 0.25) is 5.02 Å². The van der Waals surface area contributed by atoms with Crippen LogP contribution in [-0.2, 0) is 24.1 Å². The summed E-state index contributed by atoms with van der Waals surface area (Å²) in [5.74, 6) is 0.797. The van der Waals surface area contributed by atoms with E-state index in [2.05, 4.69) is 39.7 Å². The Morgan fingerprint density at radius 2 is 2.08 bits per heavy atom. The first-order chi connectivity index (χ1) is 18.4. The van der Waals surface area contributed by atoms with Crippen LogP contribution in [0.3, 0.4) is 0 Å². The molecule has 2 aliphatic rings. The summed E-state index contributed by atoms with van der Waals surface area (Å²) < 4.78 is 9.93. The van der Waals surface area contributed by atoms with Crippen LogP contribution in [0.1, 0.15) is 41.3 Å². The van der Waals surface area contributed by atoms with Gasteiger partial charge in [-0.05, 0) is 73.0 Å². The number of aryl methyl sites for hydroxylation is 2. The smallest absolute Gasteiger partial charge is 0.251 e. The quantitative estimate of drug-likeness (QED) is 0.339. The van der Waals surface area contributed by atoms with Crippen molar-refractivity contribution in [3.05, 3.63) is 64.3 Å². The van der Waals surface area contributed by atoms with Crippen LogP contribution in [0.25, 0.3) is 10.9 Å². The molecule has 38 heavy (non-hydrogen) atoms. The Bertz CT molecular complexity index is 1280. The summed E-state index contributed by atoms with van der Waals surface area (Å²) in [6, 6.07) is 11.4. The van der Waals surface area contributed by atoms with Gasteiger partial charge in [-0.1, -0.05) is 30.7 Å². The molecule has 1 aromatic heterocycles. The Balaban J connectivity index is 1.40. The number of aliphatic hydroxyl groups is 1. The van der Waals surface area contributed by atoms with Gasteiger partial charge in [-0.25, -0.2) is 0 Å². The zero-order chi connectivity index (χ0) is 26.6. The van der Waals surface area contributed by atoms with Gasteiger partial charge in [-0.3, -0.25) is 4.79 Å². The fourth-order valence-electron chi connectivity index (χ4n) is 5.45. The van der Waals surface area contributed by atoms with Gasteiger partial charge in [0.25, 0.3) is 5.91 Å². The molecule has 2 aliphatic heterocycles. The standard InChI is InChI=1S/C29H37ClN4O3S/c1-3-20-18-34-9-12-38-33(2)26-16-21(15-24(20)28(26)34)29(36)32-25(14-19-5-4-6-22(30)13-19)27(35)17-31-23-7-10-37-11-8-23/h4-6,13,15-16,18,23,25,27,31,35H,3,7-12,14,17H2,1-2H3,(H,32,36)/t25-,27+/m0/s1. The zero-order valence-electron chi connectivity index (χ0n) is 22.1. The molecule has 2 aromatic carbocycles. The van der Waals surface area contributed by atoms with Crippen LogP contribution < -0.4 is 14.9 Å². The molecule has 0 bridgehead atoms. The number of nitrogens with one attached hydrogen (secondary N) is 2. The molecule has 1 fully saturated rings. The lowest BCUT2D eigenvalue weighted by atomic mass is 9.99. The fourth-order valence-corrected chi connectivity index (χ4v) is 6.49. The van der Waals surface area contributed by atoms with Crippen LogP contribution in [-0.4, -0.2) is 66.3 Å². The van der Waals surface area contributed by atoms with Gasteiger partial charge >= 0.3 is 0 Å². The van der Waals surface area contributed by atoms with Crippen molar-refractivity contribution in [3.8, 4) is 0 Å². The van der Waals surface area contributed by atoms with Crippen molar-refractivity contribution in [1.82, 2.24) is 15.2 Å². The molecule has 0 radical (unpaired) electrons. The van der Waals surface area contributed by atoms with E-state index in [0.717, 1.165) is 61.4 Å². The minimum Gasteiger partial charge on any atom is -0.390 e. The van der Waals surface area contributed by atoms with E-state index in [1.165, 1.54) is 11.1 Å². The Morgan fingerprint density at radius 1 is 1.26 bits per heavy atom. The normalized spacial score (nSPS) is 17.8. The molecule has 7 nitrogen and oxygen atoms in total. The van der Waals surface area contributed by atoms with Crippen LogP contribution in [0, 0.1) is 0 Å². The third-order valence-corrected chi connectivity index (χ3v) is 8.78. The van der Waals surface area contributed by atoms with Gasteiger partial charge in [-0.2, -0.15) is 0 Å². The van der Waals surface area contributed by atoms with Crippen LogP contribution >= 0.6 is 23.5 Å². The Kier molecular flexibility index (Phi) is 8.85. The summed E-state index contributed by atoms with van der Waals surface area (Å²) in [6.07, 6.45) is 4.68. The van der Waals surface area contributed by atoms with Crippen LogP contribution in [0.5, 0.6) is 0 Å². The number of hydrogen-bond acceptors (Lipinski definition) is 6. The van der Waals surface area contributed by atoms with E-state index in [0.29, 0.717) is 29.6 Å². The third-order valence-electron chi connectivity index (χ3n) is 7.60. The van der Waals surface area contributed by atoms with Crippen molar-refractivity contribution in [1.29, 1.82) is 0 Å². The first kappa shape index (κ1) is 27.3. The second kappa shape index (κ2) is 12.3. The van der Waals surface area contributed by atoms with Gasteiger partial charge in [0.05, 0.1) is 23.3 Å². The highest BCUT2D eigenvalue weighted by Gasteiger charge is 2.26. The van der Waals surface area contributed by atoms with E-state index < -0.39 is 12.1 Å². The molecule has 9 heteroatoms. The van der Waals surface area contributed by atoms with Crippen molar-refractivity contribution < 1.29 is 14.6 Å². The molecule has 0 unspecified atom stereocenters. The molecule has 1 saturated heterocycles. The molecule has 3 N–H and O–H groups in total. The number of amides is 1. The predicted octanol–water partition coefficient (Wildman–Crippen LogP) is 4.43. The number of rotatable bonds is 9. The number of anilines is 1. The number of carbonyl (C=O) groups is 1. The molecule has 3 aromatic rings. The summed E-state index contributed by atoms with van der Waals surface area (Å²) in [4.78, 5) is 13.7. The minimum absolute atomic E-state index is 0.183. The van der Waals surface area contributed by atoms with Crippen molar-refractivity contribution in [3.63, 3.8) is 0 Å². The van der Waals surface area contributed by atoms with E-state index in [-0.39, 0.29) is 5.91 Å². The van der Waals surface area contributed by atoms with Crippen molar-refractivity contribution in [2.45, 2.75) is 57.3 Å². The molecule has 0 aliphatic carbocycles. The van der Waals surface area contributed by atoms with Gasteiger partial charge in [0.1, 0.15) is 0 Å². The largest absolute Gasteiger partial charge is 0.390 e. The summed E-state index contributed by atoms with van der Waals surface area (Å²) in [7, 11) is 2.06. The Morgan fingerprint density at radius 3 is 2.84 bits per heavy atom. The topological polar surface area (TPSA) is 78.8 Å². The monoisotopic (exact) mass is 556 g/mol. The molecule has 1 amide bonds. The van der Waals surface area contributed by atoms with Gasteiger partial charge in [0.15, 0.2) is 0 Å². The average Bonchev–Trinajstić information content (AvgIpc) is 3.20. The van der Waals surface area contributed by atoms with Gasteiger partial charge < -0.3 is 29.3 Å². The fraction of sp³-hybridized carbons (Fsp3) is 0.483. The molecule has 0 saturated carbocycles. The van der Waals surface area contributed by atoms with E-state index in [9.17, 15) is 9.90 Å². The lowest BCUT2D eigenvalue weighted by Crippen LogP contribution is -2.50. The molecular formula is C29H37ClN4O3S. The lowest BCUT2D eigenvalue weighted by Gasteiger charge is -2.28. The number of ether oxygens (including phenoxy) is 1. The second-order valence-corrected chi connectivity index (χ2v) is 11.9. The van der Waals surface area contributed by atoms with E-state index in [1.54, 1.807) is 11.9 Å². The van der Waals surface area contributed by atoms with E-state index >= 15 is 0 Å². The second-order valence-electron chi connectivity index (χ2n) is 10.2. The summed E-state index contributed by atoms with van der Waals surface area (Å²) in [5.41, 5.74) is 5.05. The molecule has 204 valence electrons. The van der Waals surface area contributed by atoms with Crippen molar-refractivity contribution >= 4 is 46.0 Å². The predicted molar refractivity (Wildman–Crippen MR) is 156 cm³/mol. The number of aromatic nitrogens is 1. The first-order valence-electron chi connectivity index (χ1n) is 13.5. The number of aliphatic hydroxyl groups excluding tert-OH is 1. The molecule has 3 heterocycles. The number of nitrogens with zero attached hydrogens (tertiary/aromatic N) is 2. The first-order valence-corrected chi connectivity index (χ1v) is 14.8. The lowest BCUT2D eigenvalue weighted by molar-refractivity contribution is 0.0657. The Hall–Kier alpha value is -2.23. The third kappa shape index (κ3) is 6.15. The SMILES string of the molecule is CCc1cn2c3c(cc(C(=O)N[C@@H](Cc4cccc(Cl)c4)[C@H](O)CNC4CCOCC4)cc13)N(C)SCC2. The molecular weight excluding hydrogens is 520 g/mol. The maximum Gasteiger partial charge on any atom is 0.251 e. The number of halogens is 1. The molecule has 2 atom stereocenters. The van der Waals surface area contributed by atoms with Gasteiger partial charge in [0, 0.05) is 67.3 Å². The van der Waals surface area contributed by atoms with Crippen molar-refractivity contribution in [2.24, 2.45) is 0 Å². The highest BCUT2D eigenvalue weighted by molar-refractivity contribution is 8.00. The zero-order valence-corrected chi connectivity index (χ0v) is 23.7. The number of benzene rings is 2. The van der Waals surface area contributed by atoms with Crippen LogP contribution in [0.4, 0.5) is 5.69 Å². The maximum absolute atomic E-state index is 13.7. The number of carbonyl (C=O) groups excluding carboxylic acids is 1. The van der Waals surface area contributed by atoms with E-state index in [1.807, 2.05) is 36.4 Å². The van der Waals surface area contributed by atoms with Crippen LogP contribution in [0.15, 0.2) is 42.6 Å². The summed E-state index contributed by atoms with van der Waals surface area (Å²) in [6.45, 7) is 4.95.